The van der Waals surface area contributed by atoms with Gasteiger partial charge in [-0.15, -0.1) is 11.6 Å². The van der Waals surface area contributed by atoms with E-state index >= 15 is 0 Å². The van der Waals surface area contributed by atoms with Crippen molar-refractivity contribution in [2.24, 2.45) is 5.10 Å². The summed E-state index contributed by atoms with van der Waals surface area (Å²) in [6.45, 7) is 0. The number of nitrogens with zero attached hydrogens (tertiary/aromatic N) is 2. The monoisotopic (exact) mass is 383 g/mol. The number of carbonyl (C=O) groups excluding carboxylic acids is 1. The highest BCUT2D eigenvalue weighted by molar-refractivity contribution is 6.27. The van der Waals surface area contributed by atoms with Crippen LogP contribution in [0.3, 0.4) is 0 Å². The number of ether oxygens (including phenoxy) is 1. The first kappa shape index (κ1) is 17.6. The Hall–Kier alpha value is -2.83. The number of aromatic amines is 1. The number of halogens is 1. The van der Waals surface area contributed by atoms with Crippen molar-refractivity contribution in [1.29, 1.82) is 0 Å². The van der Waals surface area contributed by atoms with Crippen LogP contribution >= 0.6 is 11.6 Å². The highest BCUT2D eigenvalue weighted by Gasteiger charge is 2.41. The smallest absolute Gasteiger partial charge is 0.258 e. The SMILES string of the molecule is COc1ccc([C@H]2[C@@H](O)C(c3c[nH]c4ccccc34)=NN2C(=O)CCl)cc1. The second-order valence-corrected chi connectivity index (χ2v) is 6.54. The molecule has 0 saturated carbocycles. The number of hydrogen-bond donors (Lipinski definition) is 2. The largest absolute Gasteiger partial charge is 0.497 e. The fourth-order valence-electron chi connectivity index (χ4n) is 3.41. The molecule has 3 aromatic rings. The van der Waals surface area contributed by atoms with E-state index in [1.165, 1.54) is 5.01 Å². The molecule has 1 amide bonds. The van der Waals surface area contributed by atoms with Gasteiger partial charge in [-0.3, -0.25) is 4.79 Å². The number of aromatic nitrogens is 1. The number of carbonyl (C=O) groups is 1. The van der Waals surface area contributed by atoms with Gasteiger partial charge in [-0.1, -0.05) is 30.3 Å². The number of H-pyrrole nitrogens is 1. The Bertz CT molecular complexity index is 1010. The molecule has 6 nitrogen and oxygen atoms in total. The Labute approximate surface area is 161 Å². The number of benzene rings is 2. The summed E-state index contributed by atoms with van der Waals surface area (Å²) in [5, 5.41) is 17.7. The van der Waals surface area contributed by atoms with Gasteiger partial charge in [0.05, 0.1) is 7.11 Å². The van der Waals surface area contributed by atoms with Gasteiger partial charge in [0, 0.05) is 22.7 Å². The van der Waals surface area contributed by atoms with E-state index in [2.05, 4.69) is 10.1 Å². The molecule has 4 rings (SSSR count). The molecule has 0 radical (unpaired) electrons. The number of hydrazone groups is 1. The lowest BCUT2D eigenvalue weighted by atomic mass is 9.95. The van der Waals surface area contributed by atoms with Crippen molar-refractivity contribution >= 4 is 34.1 Å². The maximum atomic E-state index is 12.4. The quantitative estimate of drug-likeness (QED) is 0.680. The van der Waals surface area contributed by atoms with Crippen molar-refractivity contribution in [3.05, 3.63) is 65.9 Å². The van der Waals surface area contributed by atoms with Crippen molar-refractivity contribution in [2.45, 2.75) is 12.1 Å². The first-order chi connectivity index (χ1) is 13.1. The number of nitrogens with one attached hydrogen (secondary N) is 1. The van der Waals surface area contributed by atoms with Crippen molar-refractivity contribution < 1.29 is 14.6 Å². The number of fused-ring (bicyclic) bond motifs is 1. The number of hydrogen-bond acceptors (Lipinski definition) is 4. The maximum Gasteiger partial charge on any atom is 0.258 e. The van der Waals surface area contributed by atoms with E-state index in [4.69, 9.17) is 16.3 Å². The van der Waals surface area contributed by atoms with Crippen molar-refractivity contribution in [2.75, 3.05) is 13.0 Å². The molecular weight excluding hydrogens is 366 g/mol. The summed E-state index contributed by atoms with van der Waals surface area (Å²) in [4.78, 5) is 15.6. The van der Waals surface area contributed by atoms with E-state index in [1.54, 1.807) is 25.4 Å². The van der Waals surface area contributed by atoms with Gasteiger partial charge in [0.25, 0.3) is 5.91 Å². The molecule has 2 heterocycles. The standard InChI is InChI=1S/C20H18ClN3O3/c1-27-13-8-6-12(7-9-13)19-20(26)18(23-24(19)17(25)10-21)15-11-22-16-5-3-2-4-14(15)16/h2-9,11,19-20,22,26H,10H2,1H3/t19-,20-/m0/s1. The highest BCUT2D eigenvalue weighted by Crippen LogP contribution is 2.35. The second kappa shape index (κ2) is 7.06. The van der Waals surface area contributed by atoms with Crippen LogP contribution in [0.4, 0.5) is 0 Å². The third-order valence-corrected chi connectivity index (χ3v) is 4.98. The molecule has 0 unspecified atom stereocenters. The van der Waals surface area contributed by atoms with Gasteiger partial charge in [-0.25, -0.2) is 5.01 Å². The van der Waals surface area contributed by atoms with Crippen LogP contribution in [0.15, 0.2) is 59.8 Å². The molecule has 2 aromatic carbocycles. The number of aliphatic hydroxyl groups excluding tert-OH is 1. The van der Waals surface area contributed by atoms with Crippen molar-refractivity contribution in [3.8, 4) is 5.75 Å². The molecule has 0 aliphatic carbocycles. The molecule has 1 aromatic heterocycles. The Balaban J connectivity index is 1.78. The zero-order valence-electron chi connectivity index (χ0n) is 14.6. The number of para-hydroxylation sites is 1. The fourth-order valence-corrected chi connectivity index (χ4v) is 3.54. The van der Waals surface area contributed by atoms with Crippen LogP contribution in [0.2, 0.25) is 0 Å². The predicted molar refractivity (Wildman–Crippen MR) is 104 cm³/mol. The summed E-state index contributed by atoms with van der Waals surface area (Å²) in [5.74, 6) is 0.106. The number of amides is 1. The van der Waals surface area contributed by atoms with E-state index in [1.807, 2.05) is 36.4 Å². The average molecular weight is 384 g/mol. The summed E-state index contributed by atoms with van der Waals surface area (Å²) in [5.41, 5.74) is 2.89. The van der Waals surface area contributed by atoms with Crippen LogP contribution in [0.1, 0.15) is 17.2 Å². The molecule has 1 aliphatic heterocycles. The lowest BCUT2D eigenvalue weighted by molar-refractivity contribution is -0.131. The normalized spacial score (nSPS) is 19.4. The van der Waals surface area contributed by atoms with Crippen LogP contribution in [0.25, 0.3) is 10.9 Å². The van der Waals surface area contributed by atoms with Crippen LogP contribution in [0, 0.1) is 0 Å². The fraction of sp³-hybridized carbons (Fsp3) is 0.200. The molecule has 0 saturated heterocycles. The maximum absolute atomic E-state index is 12.4. The summed E-state index contributed by atoms with van der Waals surface area (Å²) in [6, 6.07) is 14.3. The summed E-state index contributed by atoms with van der Waals surface area (Å²) in [7, 11) is 1.58. The third kappa shape index (κ3) is 2.97. The Morgan fingerprint density at radius 3 is 2.70 bits per heavy atom. The van der Waals surface area contributed by atoms with Crippen molar-refractivity contribution in [1.82, 2.24) is 9.99 Å². The minimum absolute atomic E-state index is 0.218. The average Bonchev–Trinajstić information content (AvgIpc) is 3.28. The van der Waals surface area contributed by atoms with Crippen LogP contribution in [-0.4, -0.2) is 45.8 Å². The molecule has 0 bridgehead atoms. The number of methoxy groups -OCH3 is 1. The second-order valence-electron chi connectivity index (χ2n) is 6.27. The topological polar surface area (TPSA) is 77.9 Å². The van der Waals surface area contributed by atoms with Crippen LogP contribution in [0.5, 0.6) is 5.75 Å². The van der Waals surface area contributed by atoms with Gasteiger partial charge >= 0.3 is 0 Å². The summed E-state index contributed by atoms with van der Waals surface area (Å²) < 4.78 is 5.19. The molecule has 2 N–H and O–H groups in total. The number of alkyl halides is 1. The van der Waals surface area contributed by atoms with E-state index in [-0.39, 0.29) is 11.8 Å². The van der Waals surface area contributed by atoms with Gasteiger partial charge in [0.15, 0.2) is 0 Å². The van der Waals surface area contributed by atoms with E-state index in [0.29, 0.717) is 11.5 Å². The van der Waals surface area contributed by atoms with Crippen LogP contribution < -0.4 is 4.74 Å². The number of rotatable bonds is 4. The summed E-state index contributed by atoms with van der Waals surface area (Å²) in [6.07, 6.45) is 0.816. The zero-order valence-corrected chi connectivity index (χ0v) is 15.3. The van der Waals surface area contributed by atoms with Gasteiger partial charge in [-0.05, 0) is 23.8 Å². The predicted octanol–water partition coefficient (Wildman–Crippen LogP) is 3.06. The van der Waals surface area contributed by atoms with Gasteiger partial charge in [-0.2, -0.15) is 5.10 Å². The van der Waals surface area contributed by atoms with E-state index < -0.39 is 12.1 Å². The summed E-state index contributed by atoms with van der Waals surface area (Å²) >= 11 is 5.78. The Morgan fingerprint density at radius 1 is 1.26 bits per heavy atom. The molecule has 0 fully saturated rings. The molecule has 1 aliphatic rings. The zero-order chi connectivity index (χ0) is 19.0. The van der Waals surface area contributed by atoms with Crippen LogP contribution in [-0.2, 0) is 4.79 Å². The van der Waals surface area contributed by atoms with Gasteiger partial charge in [0.2, 0.25) is 0 Å². The lowest BCUT2D eigenvalue weighted by Gasteiger charge is -2.24. The molecule has 7 heteroatoms. The van der Waals surface area contributed by atoms with Crippen molar-refractivity contribution in [3.63, 3.8) is 0 Å². The van der Waals surface area contributed by atoms with E-state index in [0.717, 1.165) is 22.0 Å². The molecular formula is C20H18ClN3O3. The highest BCUT2D eigenvalue weighted by atomic mass is 35.5. The first-order valence-corrected chi connectivity index (χ1v) is 9.02. The third-order valence-electron chi connectivity index (χ3n) is 4.75. The van der Waals surface area contributed by atoms with E-state index in [9.17, 15) is 9.90 Å². The minimum atomic E-state index is -0.982. The van der Waals surface area contributed by atoms with Gasteiger partial charge in [0.1, 0.15) is 29.5 Å². The molecule has 27 heavy (non-hydrogen) atoms. The molecule has 0 spiro atoms. The Morgan fingerprint density at radius 2 is 2.00 bits per heavy atom. The number of aliphatic hydroxyl groups is 1. The first-order valence-electron chi connectivity index (χ1n) is 8.49. The molecule has 138 valence electrons. The Kier molecular flexibility index (Phi) is 4.59. The van der Waals surface area contributed by atoms with Gasteiger partial charge < -0.3 is 14.8 Å². The molecule has 2 atom stereocenters. The minimum Gasteiger partial charge on any atom is -0.497 e. The lowest BCUT2D eigenvalue weighted by Crippen LogP contribution is -2.34.